The van der Waals surface area contributed by atoms with E-state index in [9.17, 15) is 13.2 Å². The third-order valence-electron chi connectivity index (χ3n) is 4.23. The van der Waals surface area contributed by atoms with E-state index in [1.807, 2.05) is 50.2 Å². The van der Waals surface area contributed by atoms with Crippen LogP contribution >= 0.6 is 11.3 Å². The van der Waals surface area contributed by atoms with E-state index < -0.39 is 16.1 Å². The van der Waals surface area contributed by atoms with Gasteiger partial charge in [0.2, 0.25) is 9.47 Å². The van der Waals surface area contributed by atoms with Gasteiger partial charge in [-0.2, -0.15) is 0 Å². The van der Waals surface area contributed by atoms with Crippen LogP contribution in [0.5, 0.6) is 0 Å². The number of aryl methyl sites for hydroxylation is 2. The molecule has 0 saturated heterocycles. The topological polar surface area (TPSA) is 101 Å². The summed E-state index contributed by atoms with van der Waals surface area (Å²) in [6.07, 6.45) is 0. The zero-order valence-corrected chi connectivity index (χ0v) is 17.3. The Balaban J connectivity index is 1.74. The number of hydrogen-bond donors (Lipinski definition) is 2. The first-order valence-corrected chi connectivity index (χ1v) is 10.9. The number of nitrogens with one attached hydrogen (secondary N) is 2. The Morgan fingerprint density at radius 3 is 2.32 bits per heavy atom. The summed E-state index contributed by atoms with van der Waals surface area (Å²) >= 11 is 0.805. The molecule has 9 heteroatoms. The number of nitrogens with zero attached hydrogens (tertiary/aromatic N) is 2. The van der Waals surface area contributed by atoms with Crippen molar-refractivity contribution in [1.29, 1.82) is 0 Å². The van der Waals surface area contributed by atoms with E-state index in [1.165, 1.54) is 0 Å². The highest BCUT2D eigenvalue weighted by atomic mass is 32.2. The van der Waals surface area contributed by atoms with Gasteiger partial charge in [0.05, 0.1) is 0 Å². The second kappa shape index (κ2) is 8.17. The molecular weight excluding hydrogens is 396 g/mol. The SMILES string of the molecule is Cc1ccccc1C(=O)Nc1nnc(S(=O)(=O)N[C@@H](C)c2ccccc2C)s1. The highest BCUT2D eigenvalue weighted by molar-refractivity contribution is 7.91. The van der Waals surface area contributed by atoms with Gasteiger partial charge >= 0.3 is 0 Å². The molecule has 0 saturated carbocycles. The number of anilines is 1. The molecule has 2 N–H and O–H groups in total. The van der Waals surface area contributed by atoms with Crippen LogP contribution in [0, 0.1) is 13.8 Å². The molecule has 1 heterocycles. The van der Waals surface area contributed by atoms with Gasteiger partial charge in [-0.1, -0.05) is 53.8 Å². The van der Waals surface area contributed by atoms with Gasteiger partial charge in [0.1, 0.15) is 0 Å². The maximum atomic E-state index is 12.6. The number of benzene rings is 2. The van der Waals surface area contributed by atoms with Crippen molar-refractivity contribution in [3.63, 3.8) is 0 Å². The normalized spacial score (nSPS) is 12.5. The first-order chi connectivity index (χ1) is 13.3. The van der Waals surface area contributed by atoms with Crippen LogP contribution in [0.2, 0.25) is 0 Å². The van der Waals surface area contributed by atoms with E-state index in [4.69, 9.17) is 0 Å². The van der Waals surface area contributed by atoms with Crippen LogP contribution in [0.4, 0.5) is 5.13 Å². The fourth-order valence-electron chi connectivity index (χ4n) is 2.78. The standard InChI is InChI=1S/C19H20N4O3S2/c1-12-8-4-6-10-15(12)14(3)23-28(25,26)19-22-21-18(27-19)20-17(24)16-11-7-5-9-13(16)2/h4-11,14,23H,1-3H3,(H,20,21,24)/t14-/m0/s1. The Morgan fingerprint density at radius 2 is 1.64 bits per heavy atom. The van der Waals surface area contributed by atoms with Crippen LogP contribution in [0.3, 0.4) is 0 Å². The fourth-order valence-corrected chi connectivity index (χ4v) is 4.91. The maximum absolute atomic E-state index is 12.6. The van der Waals surface area contributed by atoms with E-state index in [-0.39, 0.29) is 15.4 Å². The van der Waals surface area contributed by atoms with E-state index in [0.717, 1.165) is 28.0 Å². The molecule has 1 atom stereocenters. The Labute approximate surface area is 167 Å². The zero-order valence-electron chi connectivity index (χ0n) is 15.6. The lowest BCUT2D eigenvalue weighted by molar-refractivity contribution is 0.102. The number of hydrogen-bond acceptors (Lipinski definition) is 6. The lowest BCUT2D eigenvalue weighted by Gasteiger charge is -2.15. The monoisotopic (exact) mass is 416 g/mol. The summed E-state index contributed by atoms with van der Waals surface area (Å²) in [6, 6.07) is 14.2. The molecule has 0 aliphatic rings. The number of carbonyl (C=O) groups excluding carboxylic acids is 1. The Morgan fingerprint density at radius 1 is 1.00 bits per heavy atom. The molecule has 1 amide bonds. The largest absolute Gasteiger partial charge is 0.296 e. The van der Waals surface area contributed by atoms with Crippen molar-refractivity contribution < 1.29 is 13.2 Å². The molecule has 28 heavy (non-hydrogen) atoms. The summed E-state index contributed by atoms with van der Waals surface area (Å²) in [7, 11) is -3.87. The Kier molecular flexibility index (Phi) is 5.87. The zero-order chi connectivity index (χ0) is 20.3. The van der Waals surface area contributed by atoms with E-state index in [1.54, 1.807) is 19.1 Å². The molecule has 0 bridgehead atoms. The van der Waals surface area contributed by atoms with Crippen molar-refractivity contribution in [2.24, 2.45) is 0 Å². The molecule has 0 spiro atoms. The predicted octanol–water partition coefficient (Wildman–Crippen LogP) is 3.45. The van der Waals surface area contributed by atoms with Crippen LogP contribution in [0.1, 0.15) is 40.0 Å². The van der Waals surface area contributed by atoms with Crippen LogP contribution in [0.25, 0.3) is 0 Å². The van der Waals surface area contributed by atoms with E-state index >= 15 is 0 Å². The van der Waals surface area contributed by atoms with Gasteiger partial charge in [0.15, 0.2) is 0 Å². The van der Waals surface area contributed by atoms with Crippen molar-refractivity contribution >= 4 is 32.4 Å². The third-order valence-corrected chi connectivity index (χ3v) is 6.98. The maximum Gasteiger partial charge on any atom is 0.270 e. The van der Waals surface area contributed by atoms with Crippen molar-refractivity contribution in [1.82, 2.24) is 14.9 Å². The summed E-state index contributed by atoms with van der Waals surface area (Å²) in [5.74, 6) is -0.362. The van der Waals surface area contributed by atoms with Crippen molar-refractivity contribution in [2.75, 3.05) is 5.32 Å². The summed E-state index contributed by atoms with van der Waals surface area (Å²) in [5.41, 5.74) is 3.17. The predicted molar refractivity (Wildman–Crippen MR) is 109 cm³/mol. The molecular formula is C19H20N4O3S2. The van der Waals surface area contributed by atoms with E-state index in [0.29, 0.717) is 5.56 Å². The smallest absolute Gasteiger partial charge is 0.270 e. The van der Waals surface area contributed by atoms with Crippen LogP contribution in [-0.2, 0) is 10.0 Å². The summed E-state index contributed by atoms with van der Waals surface area (Å²) in [4.78, 5) is 12.4. The van der Waals surface area contributed by atoms with Gasteiger partial charge in [0.25, 0.3) is 15.9 Å². The van der Waals surface area contributed by atoms with Gasteiger partial charge in [-0.3, -0.25) is 10.1 Å². The van der Waals surface area contributed by atoms with Crippen molar-refractivity contribution in [3.05, 3.63) is 70.8 Å². The van der Waals surface area contributed by atoms with Crippen LogP contribution in [-0.4, -0.2) is 24.5 Å². The molecule has 0 radical (unpaired) electrons. The van der Waals surface area contributed by atoms with Crippen molar-refractivity contribution in [2.45, 2.75) is 31.2 Å². The highest BCUT2D eigenvalue weighted by Crippen LogP contribution is 2.24. The van der Waals surface area contributed by atoms with Gasteiger partial charge in [-0.15, -0.1) is 10.2 Å². The average molecular weight is 417 g/mol. The molecule has 0 unspecified atom stereocenters. The average Bonchev–Trinajstić information content (AvgIpc) is 3.11. The number of aromatic nitrogens is 2. The molecule has 2 aromatic carbocycles. The number of carbonyl (C=O) groups is 1. The number of sulfonamides is 1. The minimum atomic E-state index is -3.87. The molecule has 3 rings (SSSR count). The third kappa shape index (κ3) is 4.44. The van der Waals surface area contributed by atoms with Crippen molar-refractivity contribution in [3.8, 4) is 0 Å². The van der Waals surface area contributed by atoms with Gasteiger partial charge in [0, 0.05) is 11.6 Å². The summed E-state index contributed by atoms with van der Waals surface area (Å²) in [6.45, 7) is 5.51. The lowest BCUT2D eigenvalue weighted by atomic mass is 10.0. The number of amides is 1. The first kappa shape index (κ1) is 20.1. The second-order valence-electron chi connectivity index (χ2n) is 6.34. The Hall–Kier alpha value is -2.62. The molecule has 0 fully saturated rings. The van der Waals surface area contributed by atoms with Gasteiger partial charge in [-0.05, 0) is 43.5 Å². The lowest BCUT2D eigenvalue weighted by Crippen LogP contribution is -2.27. The first-order valence-electron chi connectivity index (χ1n) is 8.56. The van der Waals surface area contributed by atoms with E-state index in [2.05, 4.69) is 20.2 Å². The Bertz CT molecular complexity index is 1110. The number of rotatable bonds is 6. The molecule has 0 aliphatic carbocycles. The second-order valence-corrected chi connectivity index (χ2v) is 9.21. The van der Waals surface area contributed by atoms with Crippen LogP contribution in [0.15, 0.2) is 52.9 Å². The quantitative estimate of drug-likeness (QED) is 0.600. The minimum Gasteiger partial charge on any atom is -0.296 e. The highest BCUT2D eigenvalue weighted by Gasteiger charge is 2.24. The summed E-state index contributed by atoms with van der Waals surface area (Å²) in [5, 5.41) is 10.2. The van der Waals surface area contributed by atoms with Gasteiger partial charge < -0.3 is 0 Å². The molecule has 0 aliphatic heterocycles. The minimum absolute atomic E-state index is 0.122. The fraction of sp³-hybridized carbons (Fsp3) is 0.211. The molecule has 7 nitrogen and oxygen atoms in total. The molecule has 146 valence electrons. The summed E-state index contributed by atoms with van der Waals surface area (Å²) < 4.78 is 27.7. The van der Waals surface area contributed by atoms with Gasteiger partial charge in [-0.25, -0.2) is 13.1 Å². The molecule has 1 aromatic heterocycles. The molecule has 3 aromatic rings. The van der Waals surface area contributed by atoms with Crippen LogP contribution < -0.4 is 10.0 Å².